The highest BCUT2D eigenvalue weighted by Gasteiger charge is 2.32. The van der Waals surface area contributed by atoms with Gasteiger partial charge in [0.2, 0.25) is 5.91 Å². The van der Waals surface area contributed by atoms with Crippen molar-refractivity contribution < 1.29 is 14.3 Å². The highest BCUT2D eigenvalue weighted by Crippen LogP contribution is 2.34. The van der Waals surface area contributed by atoms with Crippen LogP contribution < -0.4 is 15.4 Å². The number of morpholine rings is 1. The quantitative estimate of drug-likeness (QED) is 0.865. The van der Waals surface area contributed by atoms with Crippen molar-refractivity contribution in [3.8, 4) is 5.75 Å². The maximum Gasteiger partial charge on any atom is 0.240 e. The van der Waals surface area contributed by atoms with Crippen LogP contribution in [-0.4, -0.2) is 37.8 Å². The normalized spacial score (nSPS) is 27.2. The summed E-state index contributed by atoms with van der Waals surface area (Å²) in [5.41, 5.74) is 0.926. The molecule has 2 aliphatic heterocycles. The molecule has 3 rings (SSSR count). The predicted octanol–water partition coefficient (Wildman–Crippen LogP) is 1.69. The first kappa shape index (κ1) is 16.4. The predicted molar refractivity (Wildman–Crippen MR) is 82.3 cm³/mol. The summed E-state index contributed by atoms with van der Waals surface area (Å²) in [6, 6.07) is 4.96. The Morgan fingerprint density at radius 3 is 3.05 bits per heavy atom. The molecule has 7 heteroatoms. The first-order valence-corrected chi connectivity index (χ1v) is 7.10. The van der Waals surface area contributed by atoms with E-state index in [4.69, 9.17) is 21.1 Å². The summed E-state index contributed by atoms with van der Waals surface area (Å²) < 4.78 is 11.0. The Balaban J connectivity index is 0.00000161. The van der Waals surface area contributed by atoms with E-state index < -0.39 is 0 Å². The minimum atomic E-state index is -0.327. The minimum absolute atomic E-state index is 0. The topological polar surface area (TPSA) is 59.6 Å². The van der Waals surface area contributed by atoms with Crippen LogP contribution in [0.4, 0.5) is 0 Å². The van der Waals surface area contributed by atoms with Gasteiger partial charge in [-0.2, -0.15) is 0 Å². The first-order chi connectivity index (χ1) is 9.65. The summed E-state index contributed by atoms with van der Waals surface area (Å²) in [6.07, 6.45) is -0.134. The van der Waals surface area contributed by atoms with Gasteiger partial charge in [0.15, 0.2) is 0 Å². The zero-order valence-electron chi connectivity index (χ0n) is 11.6. The van der Waals surface area contributed by atoms with E-state index in [0.717, 1.165) is 11.3 Å². The monoisotopic (exact) mass is 332 g/mol. The number of fused-ring (bicyclic) bond motifs is 1. The van der Waals surface area contributed by atoms with Crippen LogP contribution >= 0.6 is 24.0 Å². The highest BCUT2D eigenvalue weighted by molar-refractivity contribution is 6.30. The molecule has 0 aromatic heterocycles. The summed E-state index contributed by atoms with van der Waals surface area (Å²) in [5.74, 6) is 0.708. The molecular weight excluding hydrogens is 315 g/mol. The summed E-state index contributed by atoms with van der Waals surface area (Å²) in [7, 11) is 0. The largest absolute Gasteiger partial charge is 0.491 e. The molecule has 116 valence electrons. The van der Waals surface area contributed by atoms with Gasteiger partial charge in [-0.1, -0.05) is 11.6 Å². The molecule has 0 spiro atoms. The van der Waals surface area contributed by atoms with E-state index in [-0.39, 0.29) is 36.5 Å². The van der Waals surface area contributed by atoms with Gasteiger partial charge in [0, 0.05) is 17.1 Å². The molecule has 0 bridgehead atoms. The van der Waals surface area contributed by atoms with Crippen LogP contribution in [0.1, 0.15) is 18.5 Å². The Hall–Kier alpha value is -1.01. The van der Waals surface area contributed by atoms with Gasteiger partial charge < -0.3 is 20.1 Å². The number of carbonyl (C=O) groups is 1. The zero-order valence-corrected chi connectivity index (χ0v) is 13.2. The molecule has 1 aromatic rings. The van der Waals surface area contributed by atoms with Crippen molar-refractivity contribution in [2.24, 2.45) is 0 Å². The second-order valence-corrected chi connectivity index (χ2v) is 5.50. The van der Waals surface area contributed by atoms with Crippen molar-refractivity contribution in [1.82, 2.24) is 10.6 Å². The third-order valence-electron chi connectivity index (χ3n) is 3.67. The van der Waals surface area contributed by atoms with Crippen LogP contribution in [0.15, 0.2) is 18.2 Å². The lowest BCUT2D eigenvalue weighted by Gasteiger charge is -2.30. The molecule has 3 atom stereocenters. The Kier molecular flexibility index (Phi) is 5.32. The Labute approximate surface area is 134 Å². The molecule has 0 saturated carbocycles. The average Bonchev–Trinajstić information content (AvgIpc) is 2.82. The van der Waals surface area contributed by atoms with Crippen LogP contribution in [0.25, 0.3) is 0 Å². The van der Waals surface area contributed by atoms with E-state index in [1.807, 2.05) is 19.1 Å². The minimum Gasteiger partial charge on any atom is -0.491 e. The number of ether oxygens (including phenoxy) is 2. The van der Waals surface area contributed by atoms with Crippen molar-refractivity contribution in [2.75, 3.05) is 19.8 Å². The van der Waals surface area contributed by atoms with Gasteiger partial charge in [-0.3, -0.25) is 4.79 Å². The number of hydrogen-bond acceptors (Lipinski definition) is 4. The van der Waals surface area contributed by atoms with Gasteiger partial charge in [0.25, 0.3) is 0 Å². The van der Waals surface area contributed by atoms with Gasteiger partial charge in [0.1, 0.15) is 18.4 Å². The fraction of sp³-hybridized carbons (Fsp3) is 0.500. The standard InChI is InChI=1S/C14H17ClN2O3.ClH/c1-8-13(16-4-5-19-8)14(18)17-11-7-20-12-3-2-9(15)6-10(11)12;/h2-3,6,8,11,13,16H,4-5,7H2,1H3,(H,17,18);1H/t8-,11?,13+;/m1./s1. The molecule has 2 heterocycles. The van der Waals surface area contributed by atoms with Crippen LogP contribution in [0, 0.1) is 0 Å². The lowest BCUT2D eigenvalue weighted by molar-refractivity contribution is -0.129. The number of rotatable bonds is 2. The fourth-order valence-electron chi connectivity index (χ4n) is 2.59. The molecule has 2 N–H and O–H groups in total. The van der Waals surface area contributed by atoms with E-state index in [1.54, 1.807) is 6.07 Å². The molecule has 1 saturated heterocycles. The van der Waals surface area contributed by atoms with Gasteiger partial charge in [-0.05, 0) is 25.1 Å². The van der Waals surface area contributed by atoms with Crippen molar-refractivity contribution in [3.05, 3.63) is 28.8 Å². The fourth-order valence-corrected chi connectivity index (χ4v) is 2.77. The third-order valence-corrected chi connectivity index (χ3v) is 3.90. The second-order valence-electron chi connectivity index (χ2n) is 5.06. The number of hydrogen-bond donors (Lipinski definition) is 2. The van der Waals surface area contributed by atoms with Crippen LogP contribution in [0.2, 0.25) is 5.02 Å². The van der Waals surface area contributed by atoms with Crippen molar-refractivity contribution in [3.63, 3.8) is 0 Å². The molecule has 0 aliphatic carbocycles. The van der Waals surface area contributed by atoms with E-state index in [9.17, 15) is 4.79 Å². The summed E-state index contributed by atoms with van der Waals surface area (Å²) in [4.78, 5) is 12.3. The summed E-state index contributed by atoms with van der Waals surface area (Å²) in [6.45, 7) is 3.65. The molecule has 1 amide bonds. The number of nitrogens with one attached hydrogen (secondary N) is 2. The van der Waals surface area contributed by atoms with E-state index in [0.29, 0.717) is 24.8 Å². The molecule has 5 nitrogen and oxygen atoms in total. The first-order valence-electron chi connectivity index (χ1n) is 6.73. The number of amides is 1. The Morgan fingerprint density at radius 1 is 1.48 bits per heavy atom. The number of benzene rings is 1. The van der Waals surface area contributed by atoms with E-state index >= 15 is 0 Å². The Bertz CT molecular complexity index is 527. The molecule has 1 aromatic carbocycles. The number of halogens is 2. The second kappa shape index (κ2) is 6.83. The van der Waals surface area contributed by atoms with E-state index in [2.05, 4.69) is 10.6 Å². The molecule has 1 fully saturated rings. The molecule has 21 heavy (non-hydrogen) atoms. The number of carbonyl (C=O) groups excluding carboxylic acids is 1. The van der Waals surface area contributed by atoms with Crippen LogP contribution in [0.3, 0.4) is 0 Å². The van der Waals surface area contributed by atoms with Gasteiger partial charge >= 0.3 is 0 Å². The smallest absolute Gasteiger partial charge is 0.240 e. The molecule has 0 radical (unpaired) electrons. The van der Waals surface area contributed by atoms with Crippen molar-refractivity contribution >= 4 is 29.9 Å². The summed E-state index contributed by atoms with van der Waals surface area (Å²) >= 11 is 6.00. The zero-order chi connectivity index (χ0) is 14.1. The highest BCUT2D eigenvalue weighted by atomic mass is 35.5. The molecule has 1 unspecified atom stereocenters. The van der Waals surface area contributed by atoms with Crippen LogP contribution in [0.5, 0.6) is 5.75 Å². The van der Waals surface area contributed by atoms with Gasteiger partial charge in [0.05, 0.1) is 18.8 Å². The summed E-state index contributed by atoms with van der Waals surface area (Å²) in [5, 5.41) is 6.81. The van der Waals surface area contributed by atoms with Crippen LogP contribution in [-0.2, 0) is 9.53 Å². The molecule has 2 aliphatic rings. The van der Waals surface area contributed by atoms with E-state index in [1.165, 1.54) is 0 Å². The Morgan fingerprint density at radius 2 is 2.29 bits per heavy atom. The van der Waals surface area contributed by atoms with Gasteiger partial charge in [-0.25, -0.2) is 0 Å². The SMILES string of the molecule is C[C@H]1OCCN[C@@H]1C(=O)NC1COc2ccc(Cl)cc21.Cl. The maximum absolute atomic E-state index is 12.3. The molecular formula is C14H18Cl2N2O3. The van der Waals surface area contributed by atoms with Gasteiger partial charge in [-0.15, -0.1) is 12.4 Å². The van der Waals surface area contributed by atoms with Crippen molar-refractivity contribution in [1.29, 1.82) is 0 Å². The average molecular weight is 333 g/mol. The lowest BCUT2D eigenvalue weighted by Crippen LogP contribution is -2.56. The lowest BCUT2D eigenvalue weighted by atomic mass is 10.1. The maximum atomic E-state index is 12.3. The van der Waals surface area contributed by atoms with Crippen molar-refractivity contribution in [2.45, 2.75) is 25.1 Å². The third kappa shape index (κ3) is 3.43.